The maximum Gasteiger partial charge on any atom is 0.122 e. The number of methoxy groups -OCH3 is 1. The molecule has 1 aromatic carbocycles. The molecule has 1 saturated carbocycles. The third-order valence-electron chi connectivity index (χ3n) is 3.40. The molecule has 0 aromatic heterocycles. The molecule has 0 spiro atoms. The Hall–Kier alpha value is -1.02. The highest BCUT2D eigenvalue weighted by atomic mass is 16.5. The van der Waals surface area contributed by atoms with Gasteiger partial charge in [-0.1, -0.05) is 12.1 Å². The highest BCUT2D eigenvalue weighted by molar-refractivity contribution is 5.39. The molecule has 0 radical (unpaired) electrons. The van der Waals surface area contributed by atoms with E-state index in [4.69, 9.17) is 10.5 Å². The molecule has 1 aliphatic carbocycles. The summed E-state index contributed by atoms with van der Waals surface area (Å²) in [7, 11) is 1.72. The first kappa shape index (κ1) is 10.5. The standard InChI is InChI=1S/C13H19NO/c1-10-11(4-3-5-12(10)15-2)6-7-13(14)8-9-13/h3-5H,6-9,14H2,1-2H3. The van der Waals surface area contributed by atoms with Gasteiger partial charge in [-0.25, -0.2) is 0 Å². The number of rotatable bonds is 4. The van der Waals surface area contributed by atoms with E-state index >= 15 is 0 Å². The largest absolute Gasteiger partial charge is 0.496 e. The Bertz CT molecular complexity index is 356. The second-order valence-electron chi connectivity index (χ2n) is 4.61. The van der Waals surface area contributed by atoms with Crippen LogP contribution in [-0.4, -0.2) is 12.6 Å². The van der Waals surface area contributed by atoms with Crippen molar-refractivity contribution < 1.29 is 4.74 Å². The van der Waals surface area contributed by atoms with Gasteiger partial charge in [0.25, 0.3) is 0 Å². The molecule has 0 amide bonds. The maximum atomic E-state index is 6.08. The summed E-state index contributed by atoms with van der Waals surface area (Å²) >= 11 is 0. The minimum atomic E-state index is 0.148. The molecule has 15 heavy (non-hydrogen) atoms. The molecule has 0 aliphatic heterocycles. The first-order valence-corrected chi connectivity index (χ1v) is 5.56. The Labute approximate surface area is 91.4 Å². The monoisotopic (exact) mass is 205 g/mol. The van der Waals surface area contributed by atoms with Crippen LogP contribution in [0.25, 0.3) is 0 Å². The van der Waals surface area contributed by atoms with Gasteiger partial charge in [0.15, 0.2) is 0 Å². The summed E-state index contributed by atoms with van der Waals surface area (Å²) in [5.74, 6) is 0.981. The van der Waals surface area contributed by atoms with Crippen molar-refractivity contribution in [2.24, 2.45) is 5.73 Å². The van der Waals surface area contributed by atoms with E-state index in [-0.39, 0.29) is 5.54 Å². The molecule has 82 valence electrons. The Balaban J connectivity index is 2.07. The average molecular weight is 205 g/mol. The van der Waals surface area contributed by atoms with Gasteiger partial charge in [-0.2, -0.15) is 0 Å². The quantitative estimate of drug-likeness (QED) is 0.819. The molecule has 2 nitrogen and oxygen atoms in total. The van der Waals surface area contributed by atoms with Gasteiger partial charge in [0, 0.05) is 5.54 Å². The maximum absolute atomic E-state index is 6.08. The SMILES string of the molecule is COc1cccc(CCC2(N)CC2)c1C. The van der Waals surface area contributed by atoms with E-state index < -0.39 is 0 Å². The number of hydrogen-bond donors (Lipinski definition) is 1. The fraction of sp³-hybridized carbons (Fsp3) is 0.538. The smallest absolute Gasteiger partial charge is 0.122 e. The molecular formula is C13H19NO. The number of aryl methyl sites for hydroxylation is 1. The summed E-state index contributed by atoms with van der Waals surface area (Å²) in [6.45, 7) is 2.12. The Morgan fingerprint density at radius 3 is 2.73 bits per heavy atom. The lowest BCUT2D eigenvalue weighted by molar-refractivity contribution is 0.410. The van der Waals surface area contributed by atoms with Crippen LogP contribution in [0.3, 0.4) is 0 Å². The third-order valence-corrected chi connectivity index (χ3v) is 3.40. The molecule has 0 atom stereocenters. The van der Waals surface area contributed by atoms with Gasteiger partial charge in [-0.3, -0.25) is 0 Å². The van der Waals surface area contributed by atoms with Crippen LogP contribution in [-0.2, 0) is 6.42 Å². The highest BCUT2D eigenvalue weighted by Crippen LogP contribution is 2.37. The molecule has 2 rings (SSSR count). The summed E-state index contributed by atoms with van der Waals surface area (Å²) in [4.78, 5) is 0. The first-order chi connectivity index (χ1) is 7.14. The number of ether oxygens (including phenoxy) is 1. The second kappa shape index (κ2) is 3.86. The van der Waals surface area contributed by atoms with Crippen molar-refractivity contribution in [2.75, 3.05) is 7.11 Å². The molecule has 0 saturated heterocycles. The zero-order valence-corrected chi connectivity index (χ0v) is 9.55. The van der Waals surface area contributed by atoms with Crippen molar-refractivity contribution in [1.29, 1.82) is 0 Å². The van der Waals surface area contributed by atoms with Crippen molar-refractivity contribution >= 4 is 0 Å². The summed E-state index contributed by atoms with van der Waals surface area (Å²) < 4.78 is 5.30. The highest BCUT2D eigenvalue weighted by Gasteiger charge is 2.37. The van der Waals surface area contributed by atoms with Crippen LogP contribution in [0.4, 0.5) is 0 Å². The van der Waals surface area contributed by atoms with Crippen LogP contribution in [0.2, 0.25) is 0 Å². The van der Waals surface area contributed by atoms with Gasteiger partial charge in [0.05, 0.1) is 7.11 Å². The molecule has 1 fully saturated rings. The average Bonchev–Trinajstić information content (AvgIpc) is 2.96. The molecule has 1 aliphatic rings. The minimum Gasteiger partial charge on any atom is -0.496 e. The summed E-state index contributed by atoms with van der Waals surface area (Å²) in [5, 5.41) is 0. The molecular weight excluding hydrogens is 186 g/mol. The fourth-order valence-electron chi connectivity index (χ4n) is 1.95. The number of benzene rings is 1. The van der Waals surface area contributed by atoms with E-state index in [1.165, 1.54) is 24.0 Å². The molecule has 2 heteroatoms. The van der Waals surface area contributed by atoms with Crippen LogP contribution in [0.15, 0.2) is 18.2 Å². The topological polar surface area (TPSA) is 35.2 Å². The van der Waals surface area contributed by atoms with Crippen LogP contribution >= 0.6 is 0 Å². The van der Waals surface area contributed by atoms with Crippen LogP contribution in [0, 0.1) is 6.92 Å². The first-order valence-electron chi connectivity index (χ1n) is 5.56. The Morgan fingerprint density at radius 1 is 1.40 bits per heavy atom. The van der Waals surface area contributed by atoms with Gasteiger partial charge in [0.2, 0.25) is 0 Å². The number of hydrogen-bond acceptors (Lipinski definition) is 2. The van der Waals surface area contributed by atoms with Crippen molar-refractivity contribution in [2.45, 2.75) is 38.1 Å². The van der Waals surface area contributed by atoms with Gasteiger partial charge < -0.3 is 10.5 Å². The van der Waals surface area contributed by atoms with E-state index in [1.54, 1.807) is 7.11 Å². The zero-order chi connectivity index (χ0) is 10.9. The van der Waals surface area contributed by atoms with Crippen LogP contribution in [0.1, 0.15) is 30.4 Å². The molecule has 0 heterocycles. The third kappa shape index (κ3) is 2.32. The van der Waals surface area contributed by atoms with Gasteiger partial charge in [-0.15, -0.1) is 0 Å². The summed E-state index contributed by atoms with van der Waals surface area (Å²) in [5.41, 5.74) is 8.85. The lowest BCUT2D eigenvalue weighted by Crippen LogP contribution is -2.22. The van der Waals surface area contributed by atoms with Crippen molar-refractivity contribution in [1.82, 2.24) is 0 Å². The lowest BCUT2D eigenvalue weighted by Gasteiger charge is -2.12. The summed E-state index contributed by atoms with van der Waals surface area (Å²) in [6.07, 6.45) is 4.55. The second-order valence-corrected chi connectivity index (χ2v) is 4.61. The van der Waals surface area contributed by atoms with E-state index in [0.717, 1.165) is 18.6 Å². The van der Waals surface area contributed by atoms with E-state index in [1.807, 2.05) is 6.07 Å². The van der Waals surface area contributed by atoms with Crippen molar-refractivity contribution in [3.05, 3.63) is 29.3 Å². The van der Waals surface area contributed by atoms with Gasteiger partial charge >= 0.3 is 0 Å². The van der Waals surface area contributed by atoms with Crippen molar-refractivity contribution in [3.63, 3.8) is 0 Å². The molecule has 0 bridgehead atoms. The van der Waals surface area contributed by atoms with Crippen molar-refractivity contribution in [3.8, 4) is 5.75 Å². The lowest BCUT2D eigenvalue weighted by atomic mass is 10.00. The Morgan fingerprint density at radius 2 is 2.13 bits per heavy atom. The normalized spacial score (nSPS) is 17.5. The molecule has 1 aromatic rings. The molecule has 2 N–H and O–H groups in total. The number of nitrogens with two attached hydrogens (primary N) is 1. The predicted octanol–water partition coefficient (Wildman–Crippen LogP) is 2.43. The van der Waals surface area contributed by atoms with Crippen LogP contribution in [0.5, 0.6) is 5.75 Å². The zero-order valence-electron chi connectivity index (χ0n) is 9.55. The fourth-order valence-corrected chi connectivity index (χ4v) is 1.95. The van der Waals surface area contributed by atoms with E-state index in [0.29, 0.717) is 0 Å². The predicted molar refractivity (Wildman–Crippen MR) is 62.2 cm³/mol. The molecule has 0 unspecified atom stereocenters. The summed E-state index contributed by atoms with van der Waals surface area (Å²) in [6, 6.07) is 6.23. The Kier molecular flexibility index (Phi) is 2.70. The van der Waals surface area contributed by atoms with Gasteiger partial charge in [0.1, 0.15) is 5.75 Å². The van der Waals surface area contributed by atoms with E-state index in [2.05, 4.69) is 19.1 Å². The van der Waals surface area contributed by atoms with Crippen LogP contribution < -0.4 is 10.5 Å². The van der Waals surface area contributed by atoms with Gasteiger partial charge in [-0.05, 0) is 49.8 Å². The minimum absolute atomic E-state index is 0.148. The van der Waals surface area contributed by atoms with E-state index in [9.17, 15) is 0 Å².